The molecule has 0 atom stereocenters. The lowest BCUT2D eigenvalue weighted by molar-refractivity contribution is 0.138. The van der Waals surface area contributed by atoms with Gasteiger partial charge in [0, 0.05) is 17.3 Å². The molecule has 1 rings (SSSR count). The first-order valence-electron chi connectivity index (χ1n) is 5.54. The molecule has 0 radical (unpaired) electrons. The second kappa shape index (κ2) is 7.77. The van der Waals surface area contributed by atoms with Gasteiger partial charge in [-0.2, -0.15) is 0 Å². The van der Waals surface area contributed by atoms with Crippen LogP contribution in [-0.2, 0) is 4.74 Å². The van der Waals surface area contributed by atoms with Gasteiger partial charge in [-0.05, 0) is 24.5 Å². The molecule has 0 spiro atoms. The Labute approximate surface area is 97.2 Å². The number of ether oxygens (including phenoxy) is 1. The fraction of sp³-hybridized carbons (Fsp3) is 0.538. The van der Waals surface area contributed by atoms with Crippen LogP contribution in [0.5, 0.6) is 0 Å². The summed E-state index contributed by atoms with van der Waals surface area (Å²) in [5.74, 6) is 1.79. The van der Waals surface area contributed by atoms with Crippen molar-refractivity contribution >= 4 is 11.8 Å². The lowest BCUT2D eigenvalue weighted by Crippen LogP contribution is -2.02. The van der Waals surface area contributed by atoms with Gasteiger partial charge in [-0.1, -0.05) is 32.0 Å². The van der Waals surface area contributed by atoms with E-state index in [1.165, 1.54) is 4.90 Å². The zero-order chi connectivity index (χ0) is 10.9. The Hall–Kier alpha value is -0.470. The fourth-order valence-corrected chi connectivity index (χ4v) is 1.94. The third-order valence-electron chi connectivity index (χ3n) is 2.08. The number of rotatable bonds is 7. The van der Waals surface area contributed by atoms with E-state index in [1.807, 2.05) is 17.8 Å². The molecule has 15 heavy (non-hydrogen) atoms. The van der Waals surface area contributed by atoms with E-state index in [0.717, 1.165) is 31.3 Å². The average Bonchev–Trinajstić information content (AvgIpc) is 2.24. The first-order valence-corrected chi connectivity index (χ1v) is 6.53. The topological polar surface area (TPSA) is 9.23 Å². The van der Waals surface area contributed by atoms with E-state index in [9.17, 15) is 0 Å². The van der Waals surface area contributed by atoms with Crippen LogP contribution in [0.4, 0.5) is 0 Å². The smallest absolute Gasteiger partial charge is 0.0560 e. The molecule has 0 unspecified atom stereocenters. The van der Waals surface area contributed by atoms with Crippen molar-refractivity contribution in [3.05, 3.63) is 30.3 Å². The lowest BCUT2D eigenvalue weighted by atomic mass is 10.1. The number of thioether (sulfide) groups is 1. The normalized spacial score (nSPS) is 10.9. The van der Waals surface area contributed by atoms with Crippen LogP contribution in [0, 0.1) is 5.92 Å². The molecule has 0 bridgehead atoms. The van der Waals surface area contributed by atoms with Gasteiger partial charge in [-0.15, -0.1) is 11.8 Å². The molecule has 0 saturated carbocycles. The minimum absolute atomic E-state index is 0.742. The van der Waals surface area contributed by atoms with Crippen molar-refractivity contribution in [2.24, 2.45) is 5.92 Å². The van der Waals surface area contributed by atoms with Crippen molar-refractivity contribution in [3.8, 4) is 0 Å². The molecule has 84 valence electrons. The van der Waals surface area contributed by atoms with E-state index in [1.54, 1.807) is 0 Å². The summed E-state index contributed by atoms with van der Waals surface area (Å²) >= 11 is 1.85. The highest BCUT2D eigenvalue weighted by Gasteiger charge is 1.95. The molecule has 1 nitrogen and oxygen atoms in total. The number of hydrogen-bond donors (Lipinski definition) is 0. The largest absolute Gasteiger partial charge is 0.381 e. The van der Waals surface area contributed by atoms with Gasteiger partial charge in [0.2, 0.25) is 0 Å². The summed E-state index contributed by atoms with van der Waals surface area (Å²) < 4.78 is 5.55. The Bertz CT molecular complexity index is 246. The highest BCUT2D eigenvalue weighted by Crippen LogP contribution is 2.16. The molecule has 0 amide bonds. The zero-order valence-corrected chi connectivity index (χ0v) is 10.4. The van der Waals surface area contributed by atoms with E-state index in [2.05, 4.69) is 38.1 Å². The number of hydrogen-bond acceptors (Lipinski definition) is 2. The molecule has 0 fully saturated rings. The van der Waals surface area contributed by atoms with Crippen LogP contribution in [-0.4, -0.2) is 19.0 Å². The number of benzene rings is 1. The van der Waals surface area contributed by atoms with Crippen LogP contribution in [0.1, 0.15) is 20.3 Å². The Morgan fingerprint density at radius 1 is 1.13 bits per heavy atom. The lowest BCUT2D eigenvalue weighted by Gasteiger charge is -2.06. The Morgan fingerprint density at radius 3 is 2.53 bits per heavy atom. The van der Waals surface area contributed by atoms with Crippen LogP contribution in [0.25, 0.3) is 0 Å². The molecule has 2 heteroatoms. The summed E-state index contributed by atoms with van der Waals surface area (Å²) in [6, 6.07) is 10.5. The summed E-state index contributed by atoms with van der Waals surface area (Å²) in [7, 11) is 0. The molecule has 0 heterocycles. The summed E-state index contributed by atoms with van der Waals surface area (Å²) in [6.45, 7) is 6.20. The van der Waals surface area contributed by atoms with E-state index in [-0.39, 0.29) is 0 Å². The summed E-state index contributed by atoms with van der Waals surface area (Å²) in [5, 5.41) is 0. The molecule has 0 aliphatic heterocycles. The SMILES string of the molecule is CC(C)CCOCCSc1ccccc1. The van der Waals surface area contributed by atoms with Crippen LogP contribution < -0.4 is 0 Å². The Kier molecular flexibility index (Phi) is 6.53. The highest BCUT2D eigenvalue weighted by atomic mass is 32.2. The zero-order valence-electron chi connectivity index (χ0n) is 9.61. The maximum atomic E-state index is 5.55. The molecule has 0 aliphatic carbocycles. The maximum absolute atomic E-state index is 5.55. The van der Waals surface area contributed by atoms with E-state index in [4.69, 9.17) is 4.74 Å². The van der Waals surface area contributed by atoms with Gasteiger partial charge in [0.15, 0.2) is 0 Å². The van der Waals surface area contributed by atoms with Crippen LogP contribution >= 0.6 is 11.8 Å². The minimum atomic E-state index is 0.742. The van der Waals surface area contributed by atoms with E-state index < -0.39 is 0 Å². The van der Waals surface area contributed by atoms with Crippen LogP contribution in [0.3, 0.4) is 0 Å². The fourth-order valence-electron chi connectivity index (χ4n) is 1.16. The first kappa shape index (κ1) is 12.6. The minimum Gasteiger partial charge on any atom is -0.381 e. The molecule has 0 saturated heterocycles. The summed E-state index contributed by atoms with van der Waals surface area (Å²) in [4.78, 5) is 1.32. The van der Waals surface area contributed by atoms with Gasteiger partial charge >= 0.3 is 0 Å². The molecule has 1 aromatic rings. The van der Waals surface area contributed by atoms with Crippen molar-refractivity contribution in [2.75, 3.05) is 19.0 Å². The molecule has 1 aromatic carbocycles. The second-order valence-corrected chi connectivity index (χ2v) is 5.12. The average molecular weight is 224 g/mol. The standard InChI is InChI=1S/C13H20OS/c1-12(2)8-9-14-10-11-15-13-6-4-3-5-7-13/h3-7,12H,8-11H2,1-2H3. The first-order chi connectivity index (χ1) is 7.29. The quantitative estimate of drug-likeness (QED) is 0.514. The third kappa shape index (κ3) is 6.58. The molecule has 0 N–H and O–H groups in total. The Morgan fingerprint density at radius 2 is 1.87 bits per heavy atom. The summed E-state index contributed by atoms with van der Waals surface area (Å²) in [6.07, 6.45) is 1.16. The predicted octanol–water partition coefficient (Wildman–Crippen LogP) is 3.84. The second-order valence-electron chi connectivity index (χ2n) is 3.96. The third-order valence-corrected chi connectivity index (χ3v) is 3.06. The predicted molar refractivity (Wildman–Crippen MR) is 67.4 cm³/mol. The van der Waals surface area contributed by atoms with E-state index >= 15 is 0 Å². The van der Waals surface area contributed by atoms with Gasteiger partial charge in [-0.25, -0.2) is 0 Å². The Balaban J connectivity index is 1.98. The van der Waals surface area contributed by atoms with Crippen LogP contribution in [0.2, 0.25) is 0 Å². The van der Waals surface area contributed by atoms with Crippen LogP contribution in [0.15, 0.2) is 35.2 Å². The van der Waals surface area contributed by atoms with Crippen molar-refractivity contribution in [1.82, 2.24) is 0 Å². The van der Waals surface area contributed by atoms with Gasteiger partial charge in [-0.3, -0.25) is 0 Å². The van der Waals surface area contributed by atoms with E-state index in [0.29, 0.717) is 0 Å². The molecule has 0 aromatic heterocycles. The highest BCUT2D eigenvalue weighted by molar-refractivity contribution is 7.99. The van der Waals surface area contributed by atoms with Gasteiger partial charge in [0.05, 0.1) is 6.61 Å². The van der Waals surface area contributed by atoms with Gasteiger partial charge in [0.25, 0.3) is 0 Å². The van der Waals surface area contributed by atoms with Gasteiger partial charge < -0.3 is 4.74 Å². The van der Waals surface area contributed by atoms with Crippen molar-refractivity contribution < 1.29 is 4.74 Å². The van der Waals surface area contributed by atoms with Crippen molar-refractivity contribution in [1.29, 1.82) is 0 Å². The summed E-state index contributed by atoms with van der Waals surface area (Å²) in [5.41, 5.74) is 0. The van der Waals surface area contributed by atoms with Crippen molar-refractivity contribution in [3.63, 3.8) is 0 Å². The van der Waals surface area contributed by atoms with Gasteiger partial charge in [0.1, 0.15) is 0 Å². The monoisotopic (exact) mass is 224 g/mol. The molecular weight excluding hydrogens is 204 g/mol. The van der Waals surface area contributed by atoms with Crippen molar-refractivity contribution in [2.45, 2.75) is 25.2 Å². The molecular formula is C13H20OS. The molecule has 0 aliphatic rings. The maximum Gasteiger partial charge on any atom is 0.0560 e.